The fourth-order valence-corrected chi connectivity index (χ4v) is 3.23. The van der Waals surface area contributed by atoms with Gasteiger partial charge >= 0.3 is 0 Å². The van der Waals surface area contributed by atoms with Gasteiger partial charge in [-0.25, -0.2) is 0 Å². The molecule has 1 saturated heterocycles. The van der Waals surface area contributed by atoms with Crippen molar-refractivity contribution in [3.05, 3.63) is 65.9 Å². The predicted molar refractivity (Wildman–Crippen MR) is 104 cm³/mol. The minimum Gasteiger partial charge on any atom is -0.378 e. The number of ether oxygens (including phenoxy) is 1. The Morgan fingerprint density at radius 2 is 1.85 bits per heavy atom. The van der Waals surface area contributed by atoms with Gasteiger partial charge in [-0.1, -0.05) is 41.6 Å². The lowest BCUT2D eigenvalue weighted by molar-refractivity contribution is 0.102. The summed E-state index contributed by atoms with van der Waals surface area (Å²) in [5.74, 6) is 0.266. The van der Waals surface area contributed by atoms with Crippen molar-refractivity contribution >= 4 is 17.3 Å². The number of nitrogens with one attached hydrogen (secondary N) is 1. The van der Waals surface area contributed by atoms with E-state index in [1.165, 1.54) is 0 Å². The molecule has 2 heterocycles. The first kappa shape index (κ1) is 17.3. The molecule has 1 aliphatic heterocycles. The maximum absolute atomic E-state index is 12.9. The molecule has 1 N–H and O–H groups in total. The van der Waals surface area contributed by atoms with Crippen molar-refractivity contribution in [2.45, 2.75) is 6.92 Å². The summed E-state index contributed by atoms with van der Waals surface area (Å²) in [6, 6.07) is 17.4. The van der Waals surface area contributed by atoms with Gasteiger partial charge in [-0.3, -0.25) is 4.79 Å². The van der Waals surface area contributed by atoms with Gasteiger partial charge in [0.05, 0.1) is 13.2 Å². The van der Waals surface area contributed by atoms with Gasteiger partial charge in [0.25, 0.3) is 5.91 Å². The first-order valence-electron chi connectivity index (χ1n) is 8.98. The molecule has 0 atom stereocenters. The normalized spacial score (nSPS) is 14.2. The molecule has 0 spiro atoms. The first-order valence-corrected chi connectivity index (χ1v) is 8.98. The van der Waals surface area contributed by atoms with Crippen molar-refractivity contribution in [1.82, 2.24) is 5.16 Å². The molecule has 1 aromatic heterocycles. The highest BCUT2D eigenvalue weighted by Crippen LogP contribution is 2.27. The Morgan fingerprint density at radius 3 is 2.63 bits per heavy atom. The second-order valence-electron chi connectivity index (χ2n) is 6.43. The van der Waals surface area contributed by atoms with E-state index < -0.39 is 0 Å². The summed E-state index contributed by atoms with van der Waals surface area (Å²) in [4.78, 5) is 15.2. The second kappa shape index (κ2) is 7.63. The second-order valence-corrected chi connectivity index (χ2v) is 6.43. The number of anilines is 2. The molecule has 6 nitrogen and oxygen atoms in total. The lowest BCUT2D eigenvalue weighted by Crippen LogP contribution is -2.36. The number of nitrogens with zero attached hydrogens (tertiary/aromatic N) is 2. The number of aromatic nitrogens is 1. The van der Waals surface area contributed by atoms with E-state index in [1.807, 2.05) is 54.6 Å². The Labute approximate surface area is 157 Å². The van der Waals surface area contributed by atoms with Crippen LogP contribution in [-0.2, 0) is 4.74 Å². The summed E-state index contributed by atoms with van der Waals surface area (Å²) in [6.45, 7) is 4.88. The number of carbonyl (C=O) groups is 1. The van der Waals surface area contributed by atoms with Gasteiger partial charge in [0.15, 0.2) is 0 Å². The number of aryl methyl sites for hydroxylation is 1. The minimum atomic E-state index is -0.230. The monoisotopic (exact) mass is 363 g/mol. The number of benzene rings is 2. The van der Waals surface area contributed by atoms with E-state index in [-0.39, 0.29) is 5.91 Å². The van der Waals surface area contributed by atoms with Gasteiger partial charge in [-0.05, 0) is 25.1 Å². The molecule has 3 aromatic rings. The largest absolute Gasteiger partial charge is 0.378 e. The number of hydrogen-bond donors (Lipinski definition) is 1. The lowest BCUT2D eigenvalue weighted by atomic mass is 10.1. The minimum absolute atomic E-state index is 0.230. The topological polar surface area (TPSA) is 67.6 Å². The van der Waals surface area contributed by atoms with Crippen LogP contribution in [0, 0.1) is 6.92 Å². The highest BCUT2D eigenvalue weighted by molar-refractivity contribution is 6.08. The average molecular weight is 363 g/mol. The number of morpholine rings is 1. The Bertz CT molecular complexity index is 931. The van der Waals surface area contributed by atoms with Crippen LogP contribution in [0.15, 0.2) is 59.1 Å². The van der Waals surface area contributed by atoms with Crippen LogP contribution in [0.1, 0.15) is 16.1 Å². The molecule has 27 heavy (non-hydrogen) atoms. The van der Waals surface area contributed by atoms with Crippen LogP contribution in [0.25, 0.3) is 11.3 Å². The van der Waals surface area contributed by atoms with Crippen molar-refractivity contribution in [2.24, 2.45) is 0 Å². The van der Waals surface area contributed by atoms with Crippen LogP contribution in [0.5, 0.6) is 0 Å². The molecule has 138 valence electrons. The van der Waals surface area contributed by atoms with Crippen LogP contribution in [0.4, 0.5) is 11.4 Å². The molecule has 1 fully saturated rings. The SMILES string of the molecule is Cc1onc(-c2ccccc2)c1C(=O)Nc1cccc(N2CCOCC2)c1. The summed E-state index contributed by atoms with van der Waals surface area (Å²) in [6.07, 6.45) is 0. The van der Waals surface area contributed by atoms with E-state index in [2.05, 4.69) is 15.4 Å². The van der Waals surface area contributed by atoms with E-state index in [4.69, 9.17) is 9.26 Å². The Morgan fingerprint density at radius 1 is 1.07 bits per heavy atom. The Balaban J connectivity index is 1.58. The fourth-order valence-electron chi connectivity index (χ4n) is 3.23. The number of rotatable bonds is 4. The summed E-state index contributed by atoms with van der Waals surface area (Å²) >= 11 is 0. The fraction of sp³-hybridized carbons (Fsp3) is 0.238. The van der Waals surface area contributed by atoms with E-state index in [0.717, 1.165) is 43.2 Å². The number of hydrogen-bond acceptors (Lipinski definition) is 5. The van der Waals surface area contributed by atoms with Crippen LogP contribution in [0.2, 0.25) is 0 Å². The number of carbonyl (C=O) groups excluding carboxylic acids is 1. The molecule has 1 aliphatic rings. The third-order valence-electron chi connectivity index (χ3n) is 4.62. The predicted octanol–water partition coefficient (Wildman–Crippen LogP) is 3.74. The summed E-state index contributed by atoms with van der Waals surface area (Å²) < 4.78 is 10.7. The molecular formula is C21H21N3O3. The van der Waals surface area contributed by atoms with Crippen LogP contribution < -0.4 is 10.2 Å². The quantitative estimate of drug-likeness (QED) is 0.765. The van der Waals surface area contributed by atoms with E-state index in [9.17, 15) is 4.79 Å². The molecule has 0 saturated carbocycles. The summed E-state index contributed by atoms with van der Waals surface area (Å²) in [5.41, 5.74) is 3.67. The molecule has 0 aliphatic carbocycles. The molecule has 0 bridgehead atoms. The maximum Gasteiger partial charge on any atom is 0.261 e. The standard InChI is InChI=1S/C21H21N3O3/c1-15-19(20(23-27-15)16-6-3-2-4-7-16)21(25)22-17-8-5-9-18(14-17)24-10-12-26-13-11-24/h2-9,14H,10-13H2,1H3,(H,22,25). The van der Waals surface area contributed by atoms with Gasteiger partial charge in [-0.15, -0.1) is 0 Å². The van der Waals surface area contributed by atoms with Crippen molar-refractivity contribution in [3.63, 3.8) is 0 Å². The zero-order valence-electron chi connectivity index (χ0n) is 15.1. The zero-order valence-corrected chi connectivity index (χ0v) is 15.1. The van der Waals surface area contributed by atoms with E-state index in [1.54, 1.807) is 6.92 Å². The Hall–Kier alpha value is -3.12. The molecule has 6 heteroatoms. The van der Waals surface area contributed by atoms with E-state index in [0.29, 0.717) is 17.0 Å². The smallest absolute Gasteiger partial charge is 0.261 e. The lowest BCUT2D eigenvalue weighted by Gasteiger charge is -2.29. The van der Waals surface area contributed by atoms with Crippen molar-refractivity contribution < 1.29 is 14.1 Å². The van der Waals surface area contributed by atoms with Crippen LogP contribution in [-0.4, -0.2) is 37.4 Å². The molecular weight excluding hydrogens is 342 g/mol. The molecule has 4 rings (SSSR count). The van der Waals surface area contributed by atoms with Crippen LogP contribution in [0.3, 0.4) is 0 Å². The number of amides is 1. The maximum atomic E-state index is 12.9. The first-order chi connectivity index (χ1) is 13.2. The van der Waals surface area contributed by atoms with Gasteiger partial charge in [0.1, 0.15) is 17.0 Å². The van der Waals surface area contributed by atoms with Crippen molar-refractivity contribution in [1.29, 1.82) is 0 Å². The highest BCUT2D eigenvalue weighted by Gasteiger charge is 2.22. The van der Waals surface area contributed by atoms with Crippen molar-refractivity contribution in [3.8, 4) is 11.3 Å². The third kappa shape index (κ3) is 3.71. The van der Waals surface area contributed by atoms with Gasteiger partial charge in [0.2, 0.25) is 0 Å². The zero-order chi connectivity index (χ0) is 18.6. The molecule has 2 aromatic carbocycles. The van der Waals surface area contributed by atoms with Gasteiger partial charge < -0.3 is 19.5 Å². The summed E-state index contributed by atoms with van der Waals surface area (Å²) in [7, 11) is 0. The molecule has 0 radical (unpaired) electrons. The highest BCUT2D eigenvalue weighted by atomic mass is 16.5. The van der Waals surface area contributed by atoms with Gasteiger partial charge in [0, 0.05) is 30.0 Å². The van der Waals surface area contributed by atoms with Gasteiger partial charge in [-0.2, -0.15) is 0 Å². The van der Waals surface area contributed by atoms with Crippen LogP contribution >= 0.6 is 0 Å². The van der Waals surface area contributed by atoms with Crippen molar-refractivity contribution in [2.75, 3.05) is 36.5 Å². The Kier molecular flexibility index (Phi) is 4.89. The average Bonchev–Trinajstić information content (AvgIpc) is 3.11. The van der Waals surface area contributed by atoms with E-state index >= 15 is 0 Å². The molecule has 1 amide bonds. The summed E-state index contributed by atoms with van der Waals surface area (Å²) in [5, 5.41) is 7.06. The molecule has 0 unspecified atom stereocenters. The third-order valence-corrected chi connectivity index (χ3v) is 4.62.